The standard InChI is InChI=1S/C16H18O7Se2/c1-21-15-7-3-5-13(9-15)11-24(17,18)23-25(19,20)12-14-6-4-8-16(10-14)22-2/h3-10H,11-12H2,1-2H3. The van der Waals surface area contributed by atoms with Crippen LogP contribution in [0.15, 0.2) is 48.5 Å². The third-order valence-corrected chi connectivity index (χ3v) is 11.4. The first kappa shape index (κ1) is 19.6. The van der Waals surface area contributed by atoms with E-state index in [1.165, 1.54) is 26.4 Å². The van der Waals surface area contributed by atoms with Gasteiger partial charge in [0.25, 0.3) is 0 Å². The molecular formula is C16H18O7Se2. The molecule has 0 unspecified atom stereocenters. The van der Waals surface area contributed by atoms with Gasteiger partial charge in [-0.1, -0.05) is 0 Å². The van der Waals surface area contributed by atoms with Crippen LogP contribution in [0.3, 0.4) is 0 Å². The molecule has 0 atom stereocenters. The van der Waals surface area contributed by atoms with Gasteiger partial charge in [0.15, 0.2) is 0 Å². The Kier molecular flexibility index (Phi) is 6.32. The average molecular weight is 480 g/mol. The van der Waals surface area contributed by atoms with Gasteiger partial charge in [0, 0.05) is 0 Å². The van der Waals surface area contributed by atoms with Crippen molar-refractivity contribution in [3.8, 4) is 11.5 Å². The van der Waals surface area contributed by atoms with Gasteiger partial charge >= 0.3 is 150 Å². The van der Waals surface area contributed by atoms with E-state index in [2.05, 4.69) is 2.90 Å². The van der Waals surface area contributed by atoms with E-state index in [4.69, 9.17) is 9.47 Å². The molecule has 2 aromatic carbocycles. The number of benzene rings is 2. The molecule has 0 saturated carbocycles. The topological polar surface area (TPSA) is 96.0 Å². The number of methoxy groups -OCH3 is 2. The molecule has 0 N–H and O–H groups in total. The van der Waals surface area contributed by atoms with Crippen LogP contribution in [-0.4, -0.2) is 40.3 Å². The van der Waals surface area contributed by atoms with Crippen molar-refractivity contribution in [3.63, 3.8) is 0 Å². The molecule has 0 aliphatic carbocycles. The molecule has 0 saturated heterocycles. The number of ether oxygens (including phenoxy) is 2. The van der Waals surface area contributed by atoms with Crippen molar-refractivity contribution in [3.05, 3.63) is 59.7 Å². The van der Waals surface area contributed by atoms with E-state index in [9.17, 15) is 15.3 Å². The van der Waals surface area contributed by atoms with Crippen molar-refractivity contribution < 1.29 is 27.7 Å². The van der Waals surface area contributed by atoms with Crippen LogP contribution in [0.25, 0.3) is 0 Å². The summed E-state index contributed by atoms with van der Waals surface area (Å²) < 4.78 is 63.2. The second kappa shape index (κ2) is 8.08. The van der Waals surface area contributed by atoms with Crippen LogP contribution in [0.1, 0.15) is 11.1 Å². The molecule has 9 heteroatoms. The Morgan fingerprint density at radius 1 is 0.720 bits per heavy atom. The summed E-state index contributed by atoms with van der Waals surface area (Å²) in [4.78, 5) is 0. The third-order valence-electron chi connectivity index (χ3n) is 3.16. The van der Waals surface area contributed by atoms with Crippen molar-refractivity contribution >= 4 is 26.1 Å². The molecule has 25 heavy (non-hydrogen) atoms. The van der Waals surface area contributed by atoms with Crippen molar-refractivity contribution in [1.29, 1.82) is 0 Å². The van der Waals surface area contributed by atoms with E-state index in [-0.39, 0.29) is 0 Å². The molecule has 7 nitrogen and oxygen atoms in total. The van der Waals surface area contributed by atoms with Gasteiger partial charge < -0.3 is 0 Å². The molecule has 0 bridgehead atoms. The SMILES string of the molecule is COc1cccc(C[Se](=O)(=O)O[Se](=O)(=O)Cc2cccc(OC)c2)c1. The van der Waals surface area contributed by atoms with Crippen LogP contribution in [0.5, 0.6) is 11.5 Å². The first-order chi connectivity index (χ1) is 11.7. The molecule has 0 aromatic heterocycles. The van der Waals surface area contributed by atoms with E-state index in [1.807, 2.05) is 0 Å². The fourth-order valence-electron chi connectivity index (χ4n) is 2.14. The fourth-order valence-corrected chi connectivity index (χ4v) is 9.96. The minimum atomic E-state index is -5.13. The van der Waals surface area contributed by atoms with E-state index in [0.717, 1.165) is 0 Å². The van der Waals surface area contributed by atoms with Crippen LogP contribution in [0.4, 0.5) is 0 Å². The molecule has 2 rings (SSSR count). The van der Waals surface area contributed by atoms with Gasteiger partial charge in [-0.05, 0) is 0 Å². The molecule has 0 radical (unpaired) electrons. The summed E-state index contributed by atoms with van der Waals surface area (Å²) >= 11 is -10.3. The quantitative estimate of drug-likeness (QED) is 0.535. The van der Waals surface area contributed by atoms with Crippen molar-refractivity contribution in [2.45, 2.75) is 10.6 Å². The molecule has 136 valence electrons. The van der Waals surface area contributed by atoms with E-state index in [0.29, 0.717) is 22.6 Å². The Hall–Kier alpha value is -1.76. The summed E-state index contributed by atoms with van der Waals surface area (Å²) in [6.45, 7) is 0. The van der Waals surface area contributed by atoms with Crippen molar-refractivity contribution in [2.24, 2.45) is 0 Å². The Balaban J connectivity index is 2.12. The number of hydrogen-bond acceptors (Lipinski definition) is 7. The van der Waals surface area contributed by atoms with Crippen LogP contribution in [-0.2, 0) is 28.9 Å². The van der Waals surface area contributed by atoms with Crippen LogP contribution < -0.4 is 9.47 Å². The second-order valence-corrected chi connectivity index (χ2v) is 12.8. The van der Waals surface area contributed by atoms with E-state index >= 15 is 0 Å². The normalized spacial score (nSPS) is 11.9. The number of rotatable bonds is 8. The summed E-state index contributed by atoms with van der Waals surface area (Å²) in [6, 6.07) is 12.7. The van der Waals surface area contributed by atoms with Gasteiger partial charge in [-0.25, -0.2) is 0 Å². The summed E-state index contributed by atoms with van der Waals surface area (Å²) in [5, 5.41) is -0.981. The first-order valence-corrected chi connectivity index (χ1v) is 13.8. The predicted molar refractivity (Wildman–Crippen MR) is 88.7 cm³/mol. The van der Waals surface area contributed by atoms with Crippen LogP contribution in [0, 0.1) is 0 Å². The maximum atomic E-state index is 12.2. The molecule has 0 aliphatic heterocycles. The summed E-state index contributed by atoms with van der Waals surface area (Å²) in [5.41, 5.74) is 0.803. The predicted octanol–water partition coefficient (Wildman–Crippen LogP) is 2.18. The first-order valence-electron chi connectivity index (χ1n) is 7.15. The fraction of sp³-hybridized carbons (Fsp3) is 0.250. The number of hydrogen-bond donors (Lipinski definition) is 0. The van der Waals surface area contributed by atoms with Crippen molar-refractivity contribution in [2.75, 3.05) is 14.2 Å². The molecule has 0 aliphatic rings. The van der Waals surface area contributed by atoms with E-state index in [1.54, 1.807) is 36.4 Å². The summed E-state index contributed by atoms with van der Waals surface area (Å²) in [6.07, 6.45) is 0. The molecule has 0 amide bonds. The maximum absolute atomic E-state index is 12.2. The monoisotopic (exact) mass is 482 g/mol. The van der Waals surface area contributed by atoms with Crippen LogP contribution >= 0.6 is 0 Å². The van der Waals surface area contributed by atoms with E-state index < -0.39 is 36.7 Å². The molecule has 2 aromatic rings. The van der Waals surface area contributed by atoms with Gasteiger partial charge in [0.05, 0.1) is 0 Å². The minimum absolute atomic E-state index is 0.401. The Labute approximate surface area is 149 Å². The molecular weight excluding hydrogens is 462 g/mol. The zero-order chi connectivity index (χ0) is 18.5. The summed E-state index contributed by atoms with van der Waals surface area (Å²) in [7, 11) is 2.91. The van der Waals surface area contributed by atoms with Gasteiger partial charge in [0.2, 0.25) is 0 Å². The zero-order valence-electron chi connectivity index (χ0n) is 13.7. The third kappa shape index (κ3) is 6.23. The molecule has 0 fully saturated rings. The molecule has 0 spiro atoms. The average Bonchev–Trinajstić information content (AvgIpc) is 2.53. The Morgan fingerprint density at radius 2 is 1.12 bits per heavy atom. The van der Waals surface area contributed by atoms with Gasteiger partial charge in [0.1, 0.15) is 0 Å². The van der Waals surface area contributed by atoms with Crippen LogP contribution in [0.2, 0.25) is 0 Å². The molecule has 0 heterocycles. The summed E-state index contributed by atoms with van der Waals surface area (Å²) in [5.74, 6) is 0.965. The van der Waals surface area contributed by atoms with Gasteiger partial charge in [-0.2, -0.15) is 0 Å². The van der Waals surface area contributed by atoms with Gasteiger partial charge in [-0.15, -0.1) is 0 Å². The Morgan fingerprint density at radius 3 is 1.48 bits per heavy atom. The second-order valence-electron chi connectivity index (χ2n) is 5.18. The van der Waals surface area contributed by atoms with Gasteiger partial charge in [-0.3, -0.25) is 0 Å². The Bertz CT molecular complexity index is 857. The van der Waals surface area contributed by atoms with Crippen molar-refractivity contribution in [1.82, 2.24) is 0 Å². The zero-order valence-corrected chi connectivity index (χ0v) is 17.1.